The van der Waals surface area contributed by atoms with Gasteiger partial charge in [-0.1, -0.05) is 23.2 Å². The fourth-order valence-corrected chi connectivity index (χ4v) is 4.53. The van der Waals surface area contributed by atoms with Gasteiger partial charge in [-0.2, -0.15) is 0 Å². The number of nitrogens with one attached hydrogen (secondary N) is 1. The SMILES string of the molecule is CN(C(=O)CCNc1cc(Cl)ccc1Cl)C1CCS(=O)(=O)C1. The highest BCUT2D eigenvalue weighted by atomic mass is 35.5. The lowest BCUT2D eigenvalue weighted by Crippen LogP contribution is -2.38. The fraction of sp³-hybridized carbons (Fsp3) is 0.500. The van der Waals surface area contributed by atoms with Gasteiger partial charge in [-0.3, -0.25) is 4.79 Å². The van der Waals surface area contributed by atoms with Gasteiger partial charge in [0.2, 0.25) is 5.91 Å². The Labute approximate surface area is 140 Å². The van der Waals surface area contributed by atoms with Gasteiger partial charge in [0.15, 0.2) is 9.84 Å². The summed E-state index contributed by atoms with van der Waals surface area (Å²) in [5.41, 5.74) is 0.674. The lowest BCUT2D eigenvalue weighted by molar-refractivity contribution is -0.131. The topological polar surface area (TPSA) is 66.5 Å². The average Bonchev–Trinajstić information content (AvgIpc) is 2.82. The van der Waals surface area contributed by atoms with Crippen LogP contribution in [0.2, 0.25) is 10.0 Å². The molecule has 1 amide bonds. The van der Waals surface area contributed by atoms with Crippen LogP contribution >= 0.6 is 23.2 Å². The van der Waals surface area contributed by atoms with E-state index in [1.54, 1.807) is 25.2 Å². The molecular weight excluding hydrogens is 347 g/mol. The van der Waals surface area contributed by atoms with E-state index in [0.717, 1.165) is 0 Å². The zero-order chi connectivity index (χ0) is 16.3. The van der Waals surface area contributed by atoms with Crippen molar-refractivity contribution in [3.05, 3.63) is 28.2 Å². The Morgan fingerprint density at radius 2 is 2.14 bits per heavy atom. The number of rotatable bonds is 5. The summed E-state index contributed by atoms with van der Waals surface area (Å²) < 4.78 is 22.9. The summed E-state index contributed by atoms with van der Waals surface area (Å²) >= 11 is 11.9. The molecule has 2 rings (SSSR count). The third kappa shape index (κ3) is 4.51. The van der Waals surface area contributed by atoms with E-state index in [-0.39, 0.29) is 29.9 Å². The van der Waals surface area contributed by atoms with E-state index in [2.05, 4.69) is 5.32 Å². The number of anilines is 1. The zero-order valence-electron chi connectivity index (χ0n) is 12.2. The lowest BCUT2D eigenvalue weighted by Gasteiger charge is -2.23. The molecule has 1 atom stereocenters. The first-order chi connectivity index (χ1) is 10.3. The van der Waals surface area contributed by atoms with Crippen LogP contribution in [0.1, 0.15) is 12.8 Å². The number of nitrogens with zero attached hydrogens (tertiary/aromatic N) is 1. The predicted molar refractivity (Wildman–Crippen MR) is 89.4 cm³/mol. The lowest BCUT2D eigenvalue weighted by atomic mass is 10.2. The van der Waals surface area contributed by atoms with Gasteiger partial charge >= 0.3 is 0 Å². The van der Waals surface area contributed by atoms with E-state index in [1.165, 1.54) is 4.90 Å². The van der Waals surface area contributed by atoms with Crippen molar-refractivity contribution in [3.8, 4) is 0 Å². The van der Waals surface area contributed by atoms with Crippen molar-refractivity contribution in [2.45, 2.75) is 18.9 Å². The number of hydrogen-bond donors (Lipinski definition) is 1. The molecule has 1 saturated heterocycles. The Morgan fingerprint density at radius 1 is 1.41 bits per heavy atom. The van der Waals surface area contributed by atoms with Gasteiger partial charge in [-0.15, -0.1) is 0 Å². The van der Waals surface area contributed by atoms with Crippen LogP contribution in [0.25, 0.3) is 0 Å². The largest absolute Gasteiger partial charge is 0.383 e. The maximum Gasteiger partial charge on any atom is 0.224 e. The van der Waals surface area contributed by atoms with Gasteiger partial charge in [0.05, 0.1) is 22.2 Å². The first-order valence-corrected chi connectivity index (χ1v) is 9.51. The highest BCUT2D eigenvalue weighted by Crippen LogP contribution is 2.25. The number of carbonyl (C=O) groups is 1. The van der Waals surface area contributed by atoms with Crippen LogP contribution in [-0.4, -0.2) is 50.4 Å². The first kappa shape index (κ1) is 17.4. The molecular formula is C14H18Cl2N2O3S. The minimum atomic E-state index is -2.99. The van der Waals surface area contributed by atoms with E-state index in [1.807, 2.05) is 0 Å². The smallest absolute Gasteiger partial charge is 0.224 e. The molecule has 0 bridgehead atoms. The molecule has 0 radical (unpaired) electrons. The predicted octanol–water partition coefficient (Wildman–Crippen LogP) is 2.44. The minimum absolute atomic E-state index is 0.0583. The van der Waals surface area contributed by atoms with Crippen LogP contribution < -0.4 is 5.32 Å². The van der Waals surface area contributed by atoms with Gasteiger partial charge in [-0.25, -0.2) is 8.42 Å². The van der Waals surface area contributed by atoms with Crippen LogP contribution in [0.3, 0.4) is 0 Å². The van der Waals surface area contributed by atoms with Crippen molar-refractivity contribution in [1.29, 1.82) is 0 Å². The molecule has 0 aromatic heterocycles. The first-order valence-electron chi connectivity index (χ1n) is 6.93. The van der Waals surface area contributed by atoms with Gasteiger partial charge in [0.1, 0.15) is 0 Å². The summed E-state index contributed by atoms with van der Waals surface area (Å²) in [6.45, 7) is 0.405. The molecule has 1 aromatic carbocycles. The van der Waals surface area contributed by atoms with E-state index < -0.39 is 9.84 Å². The van der Waals surface area contributed by atoms with Gasteiger partial charge < -0.3 is 10.2 Å². The molecule has 1 aliphatic heterocycles. The standard InChI is InChI=1S/C14H18Cl2N2O3S/c1-18(11-5-7-22(20,21)9-11)14(19)4-6-17-13-8-10(15)2-3-12(13)16/h2-3,8,11,17H,4-7,9H2,1H3. The van der Waals surface area contributed by atoms with E-state index >= 15 is 0 Å². The number of benzene rings is 1. The monoisotopic (exact) mass is 364 g/mol. The molecule has 22 heavy (non-hydrogen) atoms. The number of halogens is 2. The molecule has 1 aromatic rings. The van der Waals surface area contributed by atoms with Crippen molar-refractivity contribution >= 4 is 44.6 Å². The van der Waals surface area contributed by atoms with Crippen LogP contribution in [0, 0.1) is 0 Å². The highest BCUT2D eigenvalue weighted by molar-refractivity contribution is 7.91. The molecule has 1 heterocycles. The molecule has 1 N–H and O–H groups in total. The summed E-state index contributed by atoms with van der Waals surface area (Å²) in [6.07, 6.45) is 0.772. The zero-order valence-corrected chi connectivity index (χ0v) is 14.5. The van der Waals surface area contributed by atoms with Crippen LogP contribution in [-0.2, 0) is 14.6 Å². The van der Waals surface area contributed by atoms with Crippen LogP contribution in [0.15, 0.2) is 18.2 Å². The summed E-state index contributed by atoms with van der Waals surface area (Å²) in [5.74, 6) is 0.127. The van der Waals surface area contributed by atoms with Gasteiger partial charge in [-0.05, 0) is 24.6 Å². The van der Waals surface area contributed by atoms with Crippen molar-refractivity contribution in [3.63, 3.8) is 0 Å². The maximum absolute atomic E-state index is 12.1. The van der Waals surface area contributed by atoms with E-state index in [4.69, 9.17) is 23.2 Å². The highest BCUT2D eigenvalue weighted by Gasteiger charge is 2.32. The summed E-state index contributed by atoms with van der Waals surface area (Å²) in [4.78, 5) is 13.6. The van der Waals surface area contributed by atoms with E-state index in [0.29, 0.717) is 28.7 Å². The van der Waals surface area contributed by atoms with E-state index in [9.17, 15) is 13.2 Å². The number of sulfone groups is 1. The molecule has 1 unspecified atom stereocenters. The normalized spacial score (nSPS) is 19.9. The number of amides is 1. The Hall–Kier alpha value is -0.980. The molecule has 0 spiro atoms. The quantitative estimate of drug-likeness (QED) is 0.871. The number of carbonyl (C=O) groups excluding carboxylic acids is 1. The Balaban J connectivity index is 1.84. The average molecular weight is 365 g/mol. The molecule has 0 aliphatic carbocycles. The third-order valence-electron chi connectivity index (χ3n) is 3.73. The molecule has 8 heteroatoms. The molecule has 5 nitrogen and oxygen atoms in total. The fourth-order valence-electron chi connectivity index (χ4n) is 2.40. The molecule has 0 saturated carbocycles. The second kappa shape index (κ2) is 7.06. The third-order valence-corrected chi connectivity index (χ3v) is 6.05. The van der Waals surface area contributed by atoms with Crippen molar-refractivity contribution in [2.75, 3.05) is 30.4 Å². The number of hydrogen-bond acceptors (Lipinski definition) is 4. The molecule has 122 valence electrons. The summed E-state index contributed by atoms with van der Waals surface area (Å²) in [6, 6.07) is 4.85. The van der Waals surface area contributed by atoms with Gasteiger partial charge in [0, 0.05) is 31.1 Å². The van der Waals surface area contributed by atoms with Crippen molar-refractivity contribution in [1.82, 2.24) is 4.90 Å². The summed E-state index contributed by atoms with van der Waals surface area (Å²) in [5, 5.41) is 4.16. The molecule has 1 aliphatic rings. The second-order valence-electron chi connectivity index (χ2n) is 5.36. The Kier molecular flexibility index (Phi) is 5.58. The minimum Gasteiger partial charge on any atom is -0.383 e. The van der Waals surface area contributed by atoms with Crippen LogP contribution in [0.4, 0.5) is 5.69 Å². The van der Waals surface area contributed by atoms with Crippen LogP contribution in [0.5, 0.6) is 0 Å². The second-order valence-corrected chi connectivity index (χ2v) is 8.43. The maximum atomic E-state index is 12.1. The van der Waals surface area contributed by atoms with Crippen molar-refractivity contribution < 1.29 is 13.2 Å². The Bertz CT molecular complexity index is 664. The summed E-state index contributed by atoms with van der Waals surface area (Å²) in [7, 11) is -1.34. The van der Waals surface area contributed by atoms with Gasteiger partial charge in [0.25, 0.3) is 0 Å². The molecule has 1 fully saturated rings. The van der Waals surface area contributed by atoms with Crippen molar-refractivity contribution in [2.24, 2.45) is 0 Å². The Morgan fingerprint density at radius 3 is 2.77 bits per heavy atom.